The number of aryl methyl sites for hydroxylation is 1. The summed E-state index contributed by atoms with van der Waals surface area (Å²) >= 11 is 0. The fourth-order valence-electron chi connectivity index (χ4n) is 2.68. The lowest BCUT2D eigenvalue weighted by Gasteiger charge is -2.24. The Kier molecular flexibility index (Phi) is 5.05. The first kappa shape index (κ1) is 15.3. The maximum absolute atomic E-state index is 10.3. The fourth-order valence-corrected chi connectivity index (χ4v) is 2.68. The molecule has 114 valence electrons. The van der Waals surface area contributed by atoms with Crippen molar-refractivity contribution in [3.8, 4) is 0 Å². The smallest absolute Gasteiger partial charge is 0.0862 e. The second-order valence-electron chi connectivity index (χ2n) is 6.12. The average Bonchev–Trinajstić information content (AvgIpc) is 3.16. The predicted octanol–water partition coefficient (Wildman–Crippen LogP) is 1.57. The van der Waals surface area contributed by atoms with E-state index in [-0.39, 0.29) is 0 Å². The van der Waals surface area contributed by atoms with E-state index < -0.39 is 6.10 Å². The highest BCUT2D eigenvalue weighted by molar-refractivity contribution is 5.46. The van der Waals surface area contributed by atoms with E-state index in [2.05, 4.69) is 16.9 Å². The molecule has 0 saturated heterocycles. The zero-order chi connectivity index (χ0) is 14.7. The van der Waals surface area contributed by atoms with E-state index in [4.69, 9.17) is 5.73 Å². The molecule has 5 heteroatoms. The van der Waals surface area contributed by atoms with Crippen molar-refractivity contribution in [1.82, 2.24) is 14.7 Å². The molecular weight excluding hydrogens is 252 g/mol. The van der Waals surface area contributed by atoms with Gasteiger partial charge in [-0.05, 0) is 45.6 Å². The van der Waals surface area contributed by atoms with Gasteiger partial charge in [-0.25, -0.2) is 0 Å². The van der Waals surface area contributed by atoms with Crippen molar-refractivity contribution < 1.29 is 5.11 Å². The number of anilines is 1. The zero-order valence-electron chi connectivity index (χ0n) is 13.0. The zero-order valence-corrected chi connectivity index (χ0v) is 13.0. The number of aliphatic hydroxyl groups excluding tert-OH is 1. The third kappa shape index (κ3) is 3.96. The first-order valence-electron chi connectivity index (χ1n) is 7.71. The quantitative estimate of drug-likeness (QED) is 0.758. The summed E-state index contributed by atoms with van der Waals surface area (Å²) in [5, 5.41) is 14.7. The lowest BCUT2D eigenvalue weighted by atomic mass is 10.2. The molecule has 1 fully saturated rings. The molecule has 2 rings (SSSR count). The van der Waals surface area contributed by atoms with Crippen LogP contribution in [0.5, 0.6) is 0 Å². The fraction of sp³-hybridized carbons (Fsp3) is 0.800. The summed E-state index contributed by atoms with van der Waals surface area (Å²) in [7, 11) is 0. The van der Waals surface area contributed by atoms with Crippen LogP contribution in [0.2, 0.25) is 0 Å². The van der Waals surface area contributed by atoms with E-state index in [0.717, 1.165) is 49.0 Å². The van der Waals surface area contributed by atoms with Crippen LogP contribution in [0.25, 0.3) is 0 Å². The van der Waals surface area contributed by atoms with Gasteiger partial charge < -0.3 is 15.7 Å². The molecule has 1 atom stereocenters. The highest BCUT2D eigenvalue weighted by Crippen LogP contribution is 2.29. The molecule has 0 spiro atoms. The van der Waals surface area contributed by atoms with Crippen molar-refractivity contribution in [1.29, 1.82) is 0 Å². The minimum Gasteiger partial charge on any atom is -0.396 e. The van der Waals surface area contributed by atoms with Crippen LogP contribution in [0.1, 0.15) is 37.6 Å². The van der Waals surface area contributed by atoms with Crippen LogP contribution < -0.4 is 5.73 Å². The van der Waals surface area contributed by atoms with Gasteiger partial charge in [0, 0.05) is 13.1 Å². The van der Waals surface area contributed by atoms with Gasteiger partial charge in [0.05, 0.1) is 29.7 Å². The minimum atomic E-state index is -0.391. The Balaban J connectivity index is 1.88. The Hall–Kier alpha value is -1.07. The Morgan fingerprint density at radius 1 is 1.45 bits per heavy atom. The van der Waals surface area contributed by atoms with Gasteiger partial charge in [0.25, 0.3) is 0 Å². The normalized spacial score (nSPS) is 16.9. The molecule has 0 bridgehead atoms. The van der Waals surface area contributed by atoms with Crippen molar-refractivity contribution in [2.24, 2.45) is 5.92 Å². The molecule has 1 saturated carbocycles. The van der Waals surface area contributed by atoms with E-state index in [9.17, 15) is 5.11 Å². The lowest BCUT2D eigenvalue weighted by Crippen LogP contribution is -2.37. The summed E-state index contributed by atoms with van der Waals surface area (Å²) in [4.78, 5) is 2.39. The summed E-state index contributed by atoms with van der Waals surface area (Å²) in [6.07, 6.45) is 3.44. The molecule has 1 aliphatic rings. The van der Waals surface area contributed by atoms with Crippen LogP contribution in [0.15, 0.2) is 0 Å². The van der Waals surface area contributed by atoms with Gasteiger partial charge in [0.1, 0.15) is 0 Å². The average molecular weight is 280 g/mol. The van der Waals surface area contributed by atoms with Crippen molar-refractivity contribution in [2.45, 2.75) is 52.7 Å². The standard InChI is InChI=1S/C15H28N4O/c1-4-7-18(8-13-5-6-13)9-14(20)10-19-12(3)15(16)11(2)17-19/h13-14,20H,4-10,16H2,1-3H3. The third-order valence-corrected chi connectivity index (χ3v) is 4.04. The second kappa shape index (κ2) is 6.59. The monoisotopic (exact) mass is 280 g/mol. The number of nitrogens with two attached hydrogens (primary N) is 1. The minimum absolute atomic E-state index is 0.391. The van der Waals surface area contributed by atoms with Crippen LogP contribution in [0.3, 0.4) is 0 Å². The Morgan fingerprint density at radius 2 is 2.15 bits per heavy atom. The Morgan fingerprint density at radius 3 is 2.65 bits per heavy atom. The SMILES string of the molecule is CCCN(CC(O)Cn1nc(C)c(N)c1C)CC1CC1. The number of nitrogens with zero attached hydrogens (tertiary/aromatic N) is 3. The number of nitrogen functional groups attached to an aromatic ring is 1. The predicted molar refractivity (Wildman–Crippen MR) is 81.6 cm³/mol. The van der Waals surface area contributed by atoms with Crippen LogP contribution >= 0.6 is 0 Å². The highest BCUT2D eigenvalue weighted by Gasteiger charge is 2.25. The van der Waals surface area contributed by atoms with Crippen LogP contribution in [0.4, 0.5) is 5.69 Å². The first-order chi connectivity index (χ1) is 9.51. The van der Waals surface area contributed by atoms with Gasteiger partial charge in [-0.2, -0.15) is 5.10 Å². The largest absolute Gasteiger partial charge is 0.396 e. The summed E-state index contributed by atoms with van der Waals surface area (Å²) < 4.78 is 1.83. The summed E-state index contributed by atoms with van der Waals surface area (Å²) in [6, 6.07) is 0. The molecule has 1 heterocycles. The molecule has 0 aromatic carbocycles. The van der Waals surface area contributed by atoms with Crippen molar-refractivity contribution in [2.75, 3.05) is 25.4 Å². The molecule has 1 aromatic rings. The van der Waals surface area contributed by atoms with E-state index in [0.29, 0.717) is 6.54 Å². The number of hydrogen-bond acceptors (Lipinski definition) is 4. The molecule has 20 heavy (non-hydrogen) atoms. The summed E-state index contributed by atoms with van der Waals surface area (Å²) in [5.74, 6) is 0.859. The molecule has 1 aliphatic carbocycles. The summed E-state index contributed by atoms with van der Waals surface area (Å²) in [6.45, 7) is 9.49. The van der Waals surface area contributed by atoms with Crippen LogP contribution in [-0.4, -0.2) is 45.5 Å². The van der Waals surface area contributed by atoms with Crippen LogP contribution in [-0.2, 0) is 6.54 Å². The summed E-state index contributed by atoms with van der Waals surface area (Å²) in [5.41, 5.74) is 8.46. The number of rotatable bonds is 8. The maximum Gasteiger partial charge on any atom is 0.0862 e. The van der Waals surface area contributed by atoms with Crippen molar-refractivity contribution in [3.63, 3.8) is 0 Å². The van der Waals surface area contributed by atoms with Gasteiger partial charge in [-0.1, -0.05) is 6.92 Å². The molecule has 3 N–H and O–H groups in total. The molecule has 0 radical (unpaired) electrons. The van der Waals surface area contributed by atoms with E-state index in [1.54, 1.807) is 0 Å². The first-order valence-corrected chi connectivity index (χ1v) is 7.71. The molecule has 0 amide bonds. The molecule has 1 unspecified atom stereocenters. The van der Waals surface area contributed by atoms with Gasteiger partial charge in [-0.15, -0.1) is 0 Å². The molecule has 5 nitrogen and oxygen atoms in total. The topological polar surface area (TPSA) is 67.3 Å². The molecule has 0 aliphatic heterocycles. The maximum atomic E-state index is 10.3. The van der Waals surface area contributed by atoms with E-state index in [1.807, 2.05) is 18.5 Å². The number of aromatic nitrogens is 2. The third-order valence-electron chi connectivity index (χ3n) is 4.04. The van der Waals surface area contributed by atoms with Crippen LogP contribution in [0, 0.1) is 19.8 Å². The van der Waals surface area contributed by atoms with Gasteiger partial charge in [0.2, 0.25) is 0 Å². The second-order valence-corrected chi connectivity index (χ2v) is 6.12. The lowest BCUT2D eigenvalue weighted by molar-refractivity contribution is 0.0919. The highest BCUT2D eigenvalue weighted by atomic mass is 16.3. The van der Waals surface area contributed by atoms with Crippen molar-refractivity contribution in [3.05, 3.63) is 11.4 Å². The van der Waals surface area contributed by atoms with E-state index in [1.165, 1.54) is 12.8 Å². The molecule has 1 aromatic heterocycles. The van der Waals surface area contributed by atoms with E-state index >= 15 is 0 Å². The molecular formula is C15H28N4O. The Bertz CT molecular complexity index is 439. The number of aliphatic hydroxyl groups is 1. The number of hydrogen-bond donors (Lipinski definition) is 2. The van der Waals surface area contributed by atoms with Gasteiger partial charge >= 0.3 is 0 Å². The van der Waals surface area contributed by atoms with Crippen molar-refractivity contribution >= 4 is 5.69 Å². The Labute approximate surface area is 121 Å². The van der Waals surface area contributed by atoms with Gasteiger partial charge in [0.15, 0.2) is 0 Å². The van der Waals surface area contributed by atoms with Gasteiger partial charge in [-0.3, -0.25) is 4.68 Å².